The Labute approximate surface area is 191 Å². The number of benzene rings is 1. The van der Waals surface area contributed by atoms with Crippen molar-refractivity contribution in [3.63, 3.8) is 0 Å². The number of carbonyl (C=O) groups is 1. The summed E-state index contributed by atoms with van der Waals surface area (Å²) in [6, 6.07) is 3.24. The SMILES string of the molecule is CCC(CCOc1nnc(-c2nnn(OC(C)=O)n2)s1)Oc1cc(C(F)(F)F)ccc1Br. The molecule has 0 N–H and O–H groups in total. The van der Waals surface area contributed by atoms with Gasteiger partial charge in [-0.2, -0.15) is 13.2 Å². The monoisotopic (exact) mass is 536 g/mol. The van der Waals surface area contributed by atoms with Crippen molar-refractivity contribution in [3.8, 4) is 21.8 Å². The smallest absolute Gasteiger partial charge is 0.416 e. The zero-order valence-electron chi connectivity index (χ0n) is 16.7. The molecule has 0 spiro atoms. The highest BCUT2D eigenvalue weighted by Gasteiger charge is 2.31. The van der Waals surface area contributed by atoms with E-state index in [1.54, 1.807) is 0 Å². The van der Waals surface area contributed by atoms with E-state index in [0.717, 1.165) is 23.5 Å². The molecule has 0 aliphatic heterocycles. The van der Waals surface area contributed by atoms with Gasteiger partial charge in [-0.3, -0.25) is 0 Å². The molecule has 1 aromatic carbocycles. The minimum absolute atomic E-state index is 0.0998. The van der Waals surface area contributed by atoms with Crippen LogP contribution in [0.2, 0.25) is 0 Å². The van der Waals surface area contributed by atoms with Gasteiger partial charge in [0.05, 0.1) is 16.6 Å². The van der Waals surface area contributed by atoms with Gasteiger partial charge in [0.2, 0.25) is 5.82 Å². The molecule has 0 aliphatic carbocycles. The van der Waals surface area contributed by atoms with Crippen molar-refractivity contribution in [1.82, 2.24) is 30.6 Å². The molecule has 2 heterocycles. The van der Waals surface area contributed by atoms with Gasteiger partial charge in [-0.1, -0.05) is 28.5 Å². The Kier molecular flexibility index (Phi) is 7.60. The topological polar surface area (TPSA) is 114 Å². The first-order valence-electron chi connectivity index (χ1n) is 9.14. The fourth-order valence-corrected chi connectivity index (χ4v) is 3.36. The third-order valence-corrected chi connectivity index (χ3v) is 5.36. The maximum absolute atomic E-state index is 13.0. The molecule has 172 valence electrons. The maximum Gasteiger partial charge on any atom is 0.416 e. The summed E-state index contributed by atoms with van der Waals surface area (Å²) < 4.78 is 50.6. The van der Waals surface area contributed by atoms with Crippen molar-refractivity contribution in [2.75, 3.05) is 6.61 Å². The van der Waals surface area contributed by atoms with Crippen LogP contribution in [0.4, 0.5) is 13.2 Å². The van der Waals surface area contributed by atoms with Crippen molar-refractivity contribution >= 4 is 33.2 Å². The van der Waals surface area contributed by atoms with Crippen molar-refractivity contribution < 1.29 is 32.3 Å². The van der Waals surface area contributed by atoms with E-state index < -0.39 is 17.7 Å². The van der Waals surface area contributed by atoms with E-state index in [2.05, 4.69) is 46.4 Å². The molecule has 0 saturated heterocycles. The summed E-state index contributed by atoms with van der Waals surface area (Å²) in [6.45, 7) is 3.24. The van der Waals surface area contributed by atoms with Gasteiger partial charge in [0, 0.05) is 18.3 Å². The quantitative estimate of drug-likeness (QED) is 0.378. The number of hydrogen-bond acceptors (Lipinski definition) is 10. The predicted molar refractivity (Wildman–Crippen MR) is 108 cm³/mol. The number of rotatable bonds is 9. The second-order valence-corrected chi connectivity index (χ2v) is 8.04. The fourth-order valence-electron chi connectivity index (χ4n) is 2.37. The van der Waals surface area contributed by atoms with Crippen molar-refractivity contribution in [2.24, 2.45) is 0 Å². The highest BCUT2D eigenvalue weighted by molar-refractivity contribution is 9.10. The van der Waals surface area contributed by atoms with E-state index in [1.165, 1.54) is 13.0 Å². The van der Waals surface area contributed by atoms with E-state index in [-0.39, 0.29) is 29.5 Å². The van der Waals surface area contributed by atoms with Crippen LogP contribution in [0.5, 0.6) is 10.9 Å². The molecule has 15 heteroatoms. The van der Waals surface area contributed by atoms with Crippen LogP contribution < -0.4 is 14.3 Å². The van der Waals surface area contributed by atoms with E-state index in [1.807, 2.05) is 6.92 Å². The molecule has 3 rings (SSSR count). The van der Waals surface area contributed by atoms with Gasteiger partial charge < -0.3 is 14.3 Å². The summed E-state index contributed by atoms with van der Waals surface area (Å²) >= 11 is 4.27. The number of nitrogens with zero attached hydrogens (tertiary/aromatic N) is 6. The van der Waals surface area contributed by atoms with Crippen LogP contribution in [0.15, 0.2) is 22.7 Å². The van der Waals surface area contributed by atoms with Gasteiger partial charge in [0.15, 0.2) is 5.01 Å². The van der Waals surface area contributed by atoms with Gasteiger partial charge in [-0.15, -0.1) is 10.2 Å². The highest BCUT2D eigenvalue weighted by atomic mass is 79.9. The van der Waals surface area contributed by atoms with Gasteiger partial charge in [0.25, 0.3) is 5.19 Å². The third kappa shape index (κ3) is 6.35. The van der Waals surface area contributed by atoms with Crippen LogP contribution >= 0.6 is 27.3 Å². The Morgan fingerprint density at radius 2 is 2.06 bits per heavy atom. The van der Waals surface area contributed by atoms with Crippen molar-refractivity contribution in [2.45, 2.75) is 39.0 Å². The van der Waals surface area contributed by atoms with Gasteiger partial charge in [0.1, 0.15) is 11.9 Å². The summed E-state index contributed by atoms with van der Waals surface area (Å²) in [5.41, 5.74) is -0.789. The van der Waals surface area contributed by atoms with E-state index in [4.69, 9.17) is 9.47 Å². The lowest BCUT2D eigenvalue weighted by Crippen LogP contribution is -2.19. The Morgan fingerprint density at radius 1 is 1.28 bits per heavy atom. The average molecular weight is 537 g/mol. The molecule has 2 aromatic heterocycles. The van der Waals surface area contributed by atoms with Crippen LogP contribution in [-0.2, 0) is 11.0 Å². The number of hydrogen-bond donors (Lipinski definition) is 0. The Balaban J connectivity index is 1.56. The van der Waals surface area contributed by atoms with Gasteiger partial charge in [-0.25, -0.2) is 4.79 Å². The molecule has 0 saturated carbocycles. The number of carbonyl (C=O) groups excluding carboxylic acids is 1. The number of alkyl halides is 3. The first kappa shape index (κ1) is 23.8. The number of halogens is 4. The molecule has 0 radical (unpaired) electrons. The third-order valence-electron chi connectivity index (χ3n) is 3.88. The summed E-state index contributed by atoms with van der Waals surface area (Å²) in [6.07, 6.45) is -3.89. The second-order valence-electron chi connectivity index (χ2n) is 6.25. The Morgan fingerprint density at radius 3 is 2.75 bits per heavy atom. The maximum atomic E-state index is 13.0. The number of ether oxygens (including phenoxy) is 2. The molecule has 1 unspecified atom stereocenters. The molecular weight excluding hydrogens is 521 g/mol. The summed E-state index contributed by atoms with van der Waals surface area (Å²) in [5.74, 6) is -0.408. The predicted octanol–water partition coefficient (Wildman–Crippen LogP) is 3.57. The van der Waals surface area contributed by atoms with E-state index in [0.29, 0.717) is 27.3 Å². The first-order valence-corrected chi connectivity index (χ1v) is 10.8. The summed E-state index contributed by atoms with van der Waals surface area (Å²) in [7, 11) is 0. The van der Waals surface area contributed by atoms with E-state index >= 15 is 0 Å². The number of aromatic nitrogens is 6. The lowest BCUT2D eigenvalue weighted by molar-refractivity contribution is -0.145. The standard InChI is InChI=1S/C17H16BrF3N6O4S/c1-3-11(30-13-8-10(17(19,20)21)4-5-12(13)18)6-7-29-16-24-23-15(32-16)14-22-26-27(25-14)31-9(2)28/h4-5,8,11H,3,6-7H2,1-2H3. The Hall–Kier alpha value is -2.81. The molecule has 0 amide bonds. The van der Waals surface area contributed by atoms with Crippen molar-refractivity contribution in [1.29, 1.82) is 0 Å². The molecule has 0 bridgehead atoms. The number of tetrazole rings is 1. The Bertz CT molecular complexity index is 1080. The van der Waals surface area contributed by atoms with Crippen LogP contribution in [0.3, 0.4) is 0 Å². The molecule has 3 aromatic rings. The van der Waals surface area contributed by atoms with Crippen LogP contribution in [-0.4, -0.2) is 49.2 Å². The molecule has 0 fully saturated rings. The molecule has 0 aliphatic rings. The van der Waals surface area contributed by atoms with Crippen LogP contribution in [0, 0.1) is 0 Å². The average Bonchev–Trinajstić information content (AvgIpc) is 3.36. The van der Waals surface area contributed by atoms with Gasteiger partial charge in [-0.05, 0) is 45.8 Å². The summed E-state index contributed by atoms with van der Waals surface area (Å²) in [4.78, 5) is 16.2. The van der Waals surface area contributed by atoms with Gasteiger partial charge >= 0.3 is 12.1 Å². The fraction of sp³-hybridized carbons (Fsp3) is 0.412. The lowest BCUT2D eigenvalue weighted by atomic mass is 10.2. The molecular formula is C17H16BrF3N6O4S. The van der Waals surface area contributed by atoms with Crippen LogP contribution in [0.1, 0.15) is 32.3 Å². The first-order chi connectivity index (χ1) is 15.2. The zero-order valence-corrected chi connectivity index (χ0v) is 19.1. The lowest BCUT2D eigenvalue weighted by Gasteiger charge is -2.19. The minimum Gasteiger partial charge on any atom is -0.489 e. The minimum atomic E-state index is -4.46. The van der Waals surface area contributed by atoms with E-state index in [9.17, 15) is 18.0 Å². The second kappa shape index (κ2) is 10.2. The zero-order chi connectivity index (χ0) is 23.3. The summed E-state index contributed by atoms with van der Waals surface area (Å²) in [5, 5.41) is 19.4. The largest absolute Gasteiger partial charge is 0.489 e. The van der Waals surface area contributed by atoms with Crippen molar-refractivity contribution in [3.05, 3.63) is 28.2 Å². The molecule has 10 nitrogen and oxygen atoms in total. The normalized spacial score (nSPS) is 12.4. The molecule has 32 heavy (non-hydrogen) atoms. The highest BCUT2D eigenvalue weighted by Crippen LogP contribution is 2.36. The van der Waals surface area contributed by atoms with Crippen LogP contribution in [0.25, 0.3) is 10.8 Å². The molecule has 1 atom stereocenters.